The highest BCUT2D eigenvalue weighted by Crippen LogP contribution is 2.39. The summed E-state index contributed by atoms with van der Waals surface area (Å²) in [5.41, 5.74) is 11.0. The van der Waals surface area contributed by atoms with E-state index in [0.29, 0.717) is 0 Å². The zero-order valence-corrected chi connectivity index (χ0v) is 15.4. The molecule has 3 heterocycles. The van der Waals surface area contributed by atoms with Crippen molar-refractivity contribution in [3.8, 4) is 17.1 Å². The fourth-order valence-electron chi connectivity index (χ4n) is 3.72. The lowest BCUT2D eigenvalue weighted by atomic mass is 9.73. The van der Waals surface area contributed by atoms with Gasteiger partial charge in [0.05, 0.1) is 11.4 Å². The quantitative estimate of drug-likeness (QED) is 0.536. The van der Waals surface area contributed by atoms with Crippen LogP contribution in [0, 0.1) is 0 Å². The van der Waals surface area contributed by atoms with Crippen LogP contribution in [-0.2, 0) is 5.54 Å². The van der Waals surface area contributed by atoms with Crippen molar-refractivity contribution in [2.45, 2.75) is 24.8 Å². The molecule has 4 aromatic rings. The first-order chi connectivity index (χ1) is 13.1. The van der Waals surface area contributed by atoms with E-state index in [-0.39, 0.29) is 10.8 Å². The maximum atomic E-state index is 6.47. The minimum Gasteiger partial charge on any atom is -0.321 e. The number of pyridine rings is 1. The van der Waals surface area contributed by atoms with Crippen molar-refractivity contribution in [2.75, 3.05) is 0 Å². The maximum Gasteiger partial charge on any atom is 0.224 e. The van der Waals surface area contributed by atoms with E-state index < -0.39 is 0 Å². The normalized spacial score (nSPS) is 15.6. The van der Waals surface area contributed by atoms with Crippen LogP contribution in [0.4, 0.5) is 0 Å². The molecule has 5 rings (SSSR count). The molecule has 0 atom stereocenters. The predicted octanol–water partition coefficient (Wildman–Crippen LogP) is 4.47. The Morgan fingerprint density at radius 1 is 1.04 bits per heavy atom. The Hall–Kier alpha value is -2.76. The van der Waals surface area contributed by atoms with Crippen LogP contribution in [0.5, 0.6) is 0 Å². The van der Waals surface area contributed by atoms with Gasteiger partial charge in [0.1, 0.15) is 5.65 Å². The van der Waals surface area contributed by atoms with Crippen LogP contribution < -0.4 is 5.73 Å². The monoisotopic (exact) mass is 375 g/mol. The van der Waals surface area contributed by atoms with Crippen molar-refractivity contribution in [3.63, 3.8) is 0 Å². The maximum absolute atomic E-state index is 6.47. The number of fused-ring (bicyclic) bond motifs is 1. The van der Waals surface area contributed by atoms with Crippen molar-refractivity contribution in [1.82, 2.24) is 19.5 Å². The van der Waals surface area contributed by atoms with Gasteiger partial charge < -0.3 is 5.73 Å². The second-order valence-electron chi connectivity index (χ2n) is 7.05. The standard InChI is InChI=1S/C21H18ClN5/c22-20-25-13-14-12-18(17-4-1-2-11-24-17)27(19(14)26-20)16-7-5-15(6-8-16)21(23)9-3-10-21/h1-2,4-8,11-13H,3,9-10,23H2. The number of aromatic nitrogens is 4. The summed E-state index contributed by atoms with van der Waals surface area (Å²) >= 11 is 6.08. The Bertz CT molecular complexity index is 1110. The molecule has 0 bridgehead atoms. The van der Waals surface area contributed by atoms with Gasteiger partial charge in [-0.1, -0.05) is 18.2 Å². The third-order valence-corrected chi connectivity index (χ3v) is 5.57. The minimum atomic E-state index is -0.174. The molecule has 3 aromatic heterocycles. The van der Waals surface area contributed by atoms with E-state index in [4.69, 9.17) is 17.3 Å². The molecule has 1 saturated carbocycles. The van der Waals surface area contributed by atoms with Gasteiger partial charge in [-0.05, 0) is 66.8 Å². The number of hydrogen-bond donors (Lipinski definition) is 1. The highest BCUT2D eigenvalue weighted by Gasteiger charge is 2.34. The van der Waals surface area contributed by atoms with Gasteiger partial charge in [0.2, 0.25) is 5.28 Å². The Morgan fingerprint density at radius 3 is 2.52 bits per heavy atom. The molecule has 1 fully saturated rings. The first kappa shape index (κ1) is 16.4. The molecule has 2 N–H and O–H groups in total. The average molecular weight is 376 g/mol. The van der Waals surface area contributed by atoms with Crippen LogP contribution in [-0.4, -0.2) is 19.5 Å². The number of nitrogens with two attached hydrogens (primary N) is 1. The third kappa shape index (κ3) is 2.71. The molecule has 1 aliphatic rings. The molecule has 0 radical (unpaired) electrons. The summed E-state index contributed by atoms with van der Waals surface area (Å²) < 4.78 is 2.07. The second kappa shape index (κ2) is 6.15. The Kier molecular flexibility index (Phi) is 3.74. The zero-order valence-electron chi connectivity index (χ0n) is 14.6. The summed E-state index contributed by atoms with van der Waals surface area (Å²) in [4.78, 5) is 13.1. The molecule has 5 nitrogen and oxygen atoms in total. The lowest BCUT2D eigenvalue weighted by Crippen LogP contribution is -2.43. The number of benzene rings is 1. The molecule has 0 saturated heterocycles. The molecular formula is C21H18ClN5. The van der Waals surface area contributed by atoms with Crippen LogP contribution in [0.25, 0.3) is 28.1 Å². The van der Waals surface area contributed by atoms with Crippen molar-refractivity contribution in [2.24, 2.45) is 5.73 Å². The SMILES string of the molecule is NC1(c2ccc(-n3c(-c4ccccn4)cc4cnc(Cl)nc43)cc2)CCC1. The molecular weight excluding hydrogens is 358 g/mol. The van der Waals surface area contributed by atoms with E-state index in [2.05, 4.69) is 43.8 Å². The van der Waals surface area contributed by atoms with Gasteiger partial charge in [-0.15, -0.1) is 0 Å². The number of hydrogen-bond acceptors (Lipinski definition) is 4. The lowest BCUT2D eigenvalue weighted by molar-refractivity contribution is 0.253. The first-order valence-corrected chi connectivity index (χ1v) is 9.37. The smallest absolute Gasteiger partial charge is 0.224 e. The van der Waals surface area contributed by atoms with Gasteiger partial charge in [-0.3, -0.25) is 9.55 Å². The molecule has 0 amide bonds. The largest absolute Gasteiger partial charge is 0.321 e. The Morgan fingerprint density at radius 2 is 1.85 bits per heavy atom. The van der Waals surface area contributed by atoms with E-state index in [1.165, 1.54) is 12.0 Å². The highest BCUT2D eigenvalue weighted by molar-refractivity contribution is 6.28. The average Bonchev–Trinajstić information content (AvgIpc) is 3.05. The second-order valence-corrected chi connectivity index (χ2v) is 7.39. The van der Waals surface area contributed by atoms with Gasteiger partial charge in [-0.2, -0.15) is 4.98 Å². The summed E-state index contributed by atoms with van der Waals surface area (Å²) in [5, 5.41) is 1.14. The van der Waals surface area contributed by atoms with Crippen LogP contribution in [0.1, 0.15) is 24.8 Å². The third-order valence-electron chi connectivity index (χ3n) is 5.38. The summed E-state index contributed by atoms with van der Waals surface area (Å²) in [7, 11) is 0. The van der Waals surface area contributed by atoms with E-state index >= 15 is 0 Å². The van der Waals surface area contributed by atoms with Crippen LogP contribution in [0.15, 0.2) is 60.9 Å². The molecule has 134 valence electrons. The first-order valence-electron chi connectivity index (χ1n) is 8.99. The fraction of sp³-hybridized carbons (Fsp3) is 0.190. The molecule has 0 unspecified atom stereocenters. The molecule has 6 heteroatoms. The van der Waals surface area contributed by atoms with Crippen molar-refractivity contribution in [1.29, 1.82) is 0 Å². The van der Waals surface area contributed by atoms with Gasteiger partial charge in [-0.25, -0.2) is 4.98 Å². The molecule has 0 spiro atoms. The van der Waals surface area contributed by atoms with E-state index in [1.54, 1.807) is 12.4 Å². The molecule has 27 heavy (non-hydrogen) atoms. The van der Waals surface area contributed by atoms with Crippen molar-refractivity contribution >= 4 is 22.6 Å². The van der Waals surface area contributed by atoms with Crippen molar-refractivity contribution < 1.29 is 0 Å². The molecule has 1 aromatic carbocycles. The Balaban J connectivity index is 1.70. The van der Waals surface area contributed by atoms with Crippen molar-refractivity contribution in [3.05, 3.63) is 71.8 Å². The van der Waals surface area contributed by atoms with E-state index in [1.807, 2.05) is 24.3 Å². The van der Waals surface area contributed by atoms with Gasteiger partial charge >= 0.3 is 0 Å². The summed E-state index contributed by atoms with van der Waals surface area (Å²) in [6.45, 7) is 0. The molecule has 1 aliphatic carbocycles. The summed E-state index contributed by atoms with van der Waals surface area (Å²) in [5.74, 6) is 0. The lowest BCUT2D eigenvalue weighted by Gasteiger charge is -2.38. The van der Waals surface area contributed by atoms with Crippen LogP contribution in [0.3, 0.4) is 0 Å². The topological polar surface area (TPSA) is 69.6 Å². The Labute approximate surface area is 161 Å². The van der Waals surface area contributed by atoms with E-state index in [9.17, 15) is 0 Å². The van der Waals surface area contributed by atoms with Crippen LogP contribution in [0.2, 0.25) is 5.28 Å². The van der Waals surface area contributed by atoms with Gasteiger partial charge in [0, 0.05) is 29.0 Å². The fourth-order valence-corrected chi connectivity index (χ4v) is 3.85. The predicted molar refractivity (Wildman–Crippen MR) is 107 cm³/mol. The van der Waals surface area contributed by atoms with Gasteiger partial charge in [0.25, 0.3) is 0 Å². The minimum absolute atomic E-state index is 0.174. The summed E-state index contributed by atoms with van der Waals surface area (Å²) in [6, 6.07) is 16.3. The molecule has 0 aliphatic heterocycles. The van der Waals surface area contributed by atoms with E-state index in [0.717, 1.165) is 41.0 Å². The number of rotatable bonds is 3. The summed E-state index contributed by atoms with van der Waals surface area (Å²) in [6.07, 6.45) is 6.81. The number of nitrogens with zero attached hydrogens (tertiary/aromatic N) is 4. The zero-order chi connectivity index (χ0) is 18.4. The van der Waals surface area contributed by atoms with Gasteiger partial charge in [0.15, 0.2) is 0 Å². The highest BCUT2D eigenvalue weighted by atomic mass is 35.5. The number of halogens is 1. The van der Waals surface area contributed by atoms with Crippen LogP contribution >= 0.6 is 11.6 Å².